The number of allylic oxidation sites excluding steroid dienone is 1. The number of H-pyrrole nitrogens is 1. The fourth-order valence-electron chi connectivity index (χ4n) is 3.53. The molecule has 0 spiro atoms. The zero-order valence-corrected chi connectivity index (χ0v) is 13.9. The molecule has 0 saturated heterocycles. The maximum Gasteiger partial charge on any atom is 0.197 e. The Bertz CT molecular complexity index is 1110. The highest BCUT2D eigenvalue weighted by molar-refractivity contribution is 6.10. The molecule has 4 nitrogen and oxygen atoms in total. The van der Waals surface area contributed by atoms with Crippen molar-refractivity contribution in [3.8, 4) is 0 Å². The van der Waals surface area contributed by atoms with Gasteiger partial charge < -0.3 is 10.3 Å². The summed E-state index contributed by atoms with van der Waals surface area (Å²) in [6.45, 7) is 5.72. The number of Topliss-reactive ketones (excluding diaryl/α,β-unsaturated/α-hetero) is 1. The maximum atomic E-state index is 12.9. The fraction of sp³-hybridized carbons (Fsp3) is 0.143. The summed E-state index contributed by atoms with van der Waals surface area (Å²) in [4.78, 5) is 29.0. The average molecular weight is 330 g/mol. The molecule has 2 atom stereocenters. The van der Waals surface area contributed by atoms with Gasteiger partial charge >= 0.3 is 0 Å². The van der Waals surface area contributed by atoms with Crippen molar-refractivity contribution >= 4 is 33.3 Å². The number of aromatic nitrogens is 1. The second kappa shape index (κ2) is 5.74. The number of carbonyl (C=O) groups is 1. The van der Waals surface area contributed by atoms with Gasteiger partial charge in [-0.25, -0.2) is 0 Å². The summed E-state index contributed by atoms with van der Waals surface area (Å²) < 4.78 is 0. The number of aromatic amines is 1. The van der Waals surface area contributed by atoms with Crippen LogP contribution in [-0.4, -0.2) is 16.8 Å². The maximum absolute atomic E-state index is 12.9. The molecule has 124 valence electrons. The standard InChI is InChI=1S/C21H18N2O2/c1-3-7-12-16(4-2)22-18-10-15-19(11-14(18)20(12)24)23-17-9-6-5-8-13(17)21(15)25/h3-12,16,22H,2H2,1H3,(H,23,25)/b7-3-. The van der Waals surface area contributed by atoms with Crippen LogP contribution < -0.4 is 10.7 Å². The van der Waals surface area contributed by atoms with Crippen LogP contribution in [0.25, 0.3) is 21.8 Å². The van der Waals surface area contributed by atoms with E-state index in [4.69, 9.17) is 0 Å². The van der Waals surface area contributed by atoms with Gasteiger partial charge in [0, 0.05) is 27.5 Å². The molecule has 2 aromatic carbocycles. The van der Waals surface area contributed by atoms with Crippen molar-refractivity contribution in [2.45, 2.75) is 13.0 Å². The molecule has 2 N–H and O–H groups in total. The molecular weight excluding hydrogens is 312 g/mol. The van der Waals surface area contributed by atoms with Crippen LogP contribution >= 0.6 is 0 Å². The molecule has 0 aliphatic carbocycles. The predicted molar refractivity (Wildman–Crippen MR) is 102 cm³/mol. The second-order valence-corrected chi connectivity index (χ2v) is 6.26. The van der Waals surface area contributed by atoms with Crippen LogP contribution in [0, 0.1) is 5.92 Å². The summed E-state index contributed by atoms with van der Waals surface area (Å²) in [6, 6.07) is 10.8. The van der Waals surface area contributed by atoms with Gasteiger partial charge in [-0.1, -0.05) is 30.4 Å². The van der Waals surface area contributed by atoms with E-state index in [2.05, 4.69) is 16.9 Å². The molecule has 0 fully saturated rings. The SMILES string of the molecule is C=CC1Nc2cc3c(=O)c4ccccc4[nH]c3cc2C(=O)C1/C=C\C. The van der Waals surface area contributed by atoms with Gasteiger partial charge in [-0.05, 0) is 31.2 Å². The summed E-state index contributed by atoms with van der Waals surface area (Å²) in [5.41, 5.74) is 2.69. The average Bonchev–Trinajstić information content (AvgIpc) is 2.63. The Morgan fingerprint density at radius 1 is 1.08 bits per heavy atom. The van der Waals surface area contributed by atoms with Gasteiger partial charge in [0.05, 0.1) is 17.5 Å². The van der Waals surface area contributed by atoms with Gasteiger partial charge in [-0.2, -0.15) is 0 Å². The molecule has 2 unspecified atom stereocenters. The highest BCUT2D eigenvalue weighted by atomic mass is 16.1. The number of carbonyl (C=O) groups excluding carboxylic acids is 1. The molecule has 0 saturated carbocycles. The predicted octanol–water partition coefficient (Wildman–Crippen LogP) is 4.04. The molecule has 0 radical (unpaired) electrons. The number of rotatable bonds is 2. The lowest BCUT2D eigenvalue weighted by molar-refractivity contribution is 0.0936. The highest BCUT2D eigenvalue weighted by Gasteiger charge is 2.32. The summed E-state index contributed by atoms with van der Waals surface area (Å²) in [7, 11) is 0. The van der Waals surface area contributed by atoms with Crippen LogP contribution in [0.5, 0.6) is 0 Å². The third-order valence-corrected chi connectivity index (χ3v) is 4.77. The number of pyridine rings is 1. The first-order chi connectivity index (χ1) is 12.1. The molecule has 1 aliphatic heterocycles. The molecule has 2 heterocycles. The van der Waals surface area contributed by atoms with Gasteiger partial charge in [0.1, 0.15) is 0 Å². The lowest BCUT2D eigenvalue weighted by atomic mass is 9.85. The number of benzene rings is 2. The monoisotopic (exact) mass is 330 g/mol. The Hall–Kier alpha value is -3.14. The Labute approximate surface area is 144 Å². The van der Waals surface area contributed by atoms with Gasteiger partial charge in [-0.3, -0.25) is 9.59 Å². The minimum absolute atomic E-state index is 0.0349. The zero-order valence-electron chi connectivity index (χ0n) is 13.9. The quantitative estimate of drug-likeness (QED) is 0.551. The Morgan fingerprint density at radius 2 is 1.88 bits per heavy atom. The van der Waals surface area contributed by atoms with Crippen molar-refractivity contribution in [1.29, 1.82) is 0 Å². The minimum atomic E-state index is -0.292. The largest absolute Gasteiger partial charge is 0.377 e. The number of ketones is 1. The summed E-state index contributed by atoms with van der Waals surface area (Å²) in [5, 5.41) is 4.55. The van der Waals surface area contributed by atoms with Gasteiger partial charge in [0.15, 0.2) is 11.2 Å². The first-order valence-electron chi connectivity index (χ1n) is 8.29. The molecule has 3 aromatic rings. The zero-order chi connectivity index (χ0) is 17.6. The third-order valence-electron chi connectivity index (χ3n) is 4.77. The molecule has 25 heavy (non-hydrogen) atoms. The van der Waals surface area contributed by atoms with Crippen molar-refractivity contribution in [2.24, 2.45) is 5.92 Å². The number of para-hydroxylation sites is 1. The van der Waals surface area contributed by atoms with Crippen molar-refractivity contribution < 1.29 is 4.79 Å². The lowest BCUT2D eigenvalue weighted by Gasteiger charge is -2.30. The number of fused-ring (bicyclic) bond motifs is 3. The van der Waals surface area contributed by atoms with Crippen molar-refractivity contribution in [2.75, 3.05) is 5.32 Å². The lowest BCUT2D eigenvalue weighted by Crippen LogP contribution is -2.37. The molecular formula is C21H18N2O2. The van der Waals surface area contributed by atoms with Crippen molar-refractivity contribution in [3.63, 3.8) is 0 Å². The molecule has 1 aromatic heterocycles. The number of hydrogen-bond acceptors (Lipinski definition) is 3. The van der Waals surface area contributed by atoms with Crippen molar-refractivity contribution in [3.05, 3.63) is 77.0 Å². The van der Waals surface area contributed by atoms with E-state index in [1.165, 1.54) is 0 Å². The topological polar surface area (TPSA) is 62.0 Å². The molecule has 1 aliphatic rings. The third kappa shape index (κ3) is 2.30. The van der Waals surface area contributed by atoms with E-state index in [1.54, 1.807) is 24.3 Å². The van der Waals surface area contributed by atoms with Gasteiger partial charge in [-0.15, -0.1) is 6.58 Å². The minimum Gasteiger partial charge on any atom is -0.377 e. The second-order valence-electron chi connectivity index (χ2n) is 6.26. The first-order valence-corrected chi connectivity index (χ1v) is 8.29. The smallest absolute Gasteiger partial charge is 0.197 e. The summed E-state index contributed by atoms with van der Waals surface area (Å²) in [5.74, 6) is -0.257. The first kappa shape index (κ1) is 15.4. The fourth-order valence-corrected chi connectivity index (χ4v) is 3.53. The van der Waals surface area contributed by atoms with E-state index in [0.717, 1.165) is 5.52 Å². The van der Waals surface area contributed by atoms with Crippen LogP contribution in [0.4, 0.5) is 5.69 Å². The van der Waals surface area contributed by atoms with E-state index in [-0.39, 0.29) is 23.2 Å². The number of anilines is 1. The molecule has 0 bridgehead atoms. The van der Waals surface area contributed by atoms with Crippen LogP contribution in [0.3, 0.4) is 0 Å². The van der Waals surface area contributed by atoms with Crippen LogP contribution in [0.2, 0.25) is 0 Å². The number of hydrogen-bond donors (Lipinski definition) is 2. The van der Waals surface area contributed by atoms with E-state index < -0.39 is 0 Å². The van der Waals surface area contributed by atoms with E-state index in [0.29, 0.717) is 27.5 Å². The molecule has 4 heteroatoms. The molecule has 0 amide bonds. The Balaban J connectivity index is 2.00. The number of nitrogens with one attached hydrogen (secondary N) is 2. The van der Waals surface area contributed by atoms with E-state index >= 15 is 0 Å². The Kier molecular flexibility index (Phi) is 3.53. The highest BCUT2D eigenvalue weighted by Crippen LogP contribution is 2.32. The molecule has 4 rings (SSSR count). The van der Waals surface area contributed by atoms with E-state index in [1.807, 2.05) is 37.3 Å². The van der Waals surface area contributed by atoms with Crippen molar-refractivity contribution in [1.82, 2.24) is 4.98 Å². The van der Waals surface area contributed by atoms with E-state index in [9.17, 15) is 9.59 Å². The van der Waals surface area contributed by atoms with Crippen LogP contribution in [0.1, 0.15) is 17.3 Å². The van der Waals surface area contributed by atoms with Gasteiger partial charge in [0.25, 0.3) is 0 Å². The summed E-state index contributed by atoms with van der Waals surface area (Å²) in [6.07, 6.45) is 5.50. The van der Waals surface area contributed by atoms with Crippen LogP contribution in [0.15, 0.2) is 66.0 Å². The Morgan fingerprint density at radius 3 is 2.64 bits per heavy atom. The normalized spacial score (nSPS) is 20.0. The summed E-state index contributed by atoms with van der Waals surface area (Å²) >= 11 is 0. The van der Waals surface area contributed by atoms with Gasteiger partial charge in [0.2, 0.25) is 0 Å². The van der Waals surface area contributed by atoms with Crippen LogP contribution in [-0.2, 0) is 0 Å².